The first-order valence-corrected chi connectivity index (χ1v) is 12.0. The molecule has 2 rings (SSSR count). The lowest BCUT2D eigenvalue weighted by atomic mass is 9.94. The molecule has 0 saturated heterocycles. The molecular formula is C27H36ClN3O4. The molecule has 0 saturated carbocycles. The molecule has 0 aliphatic heterocycles. The number of anilines is 1. The number of nitrogens with zero attached hydrogens (tertiary/aromatic N) is 1. The summed E-state index contributed by atoms with van der Waals surface area (Å²) in [6, 6.07) is 9.73. The van der Waals surface area contributed by atoms with E-state index < -0.39 is 29.6 Å². The highest BCUT2D eigenvalue weighted by molar-refractivity contribution is 6.34. The number of rotatable bonds is 7. The van der Waals surface area contributed by atoms with Gasteiger partial charge in [-0.1, -0.05) is 41.9 Å². The quantitative estimate of drug-likeness (QED) is 0.509. The lowest BCUT2D eigenvalue weighted by Crippen LogP contribution is -2.49. The minimum Gasteiger partial charge on any atom is -0.444 e. The molecule has 0 bridgehead atoms. The second kappa shape index (κ2) is 11.6. The van der Waals surface area contributed by atoms with E-state index in [1.807, 2.05) is 65.0 Å². The van der Waals surface area contributed by atoms with Crippen LogP contribution in [0.25, 0.3) is 0 Å². The summed E-state index contributed by atoms with van der Waals surface area (Å²) in [5.74, 6) is -0.808. The maximum atomic E-state index is 13.8. The van der Waals surface area contributed by atoms with E-state index in [2.05, 4.69) is 10.6 Å². The summed E-state index contributed by atoms with van der Waals surface area (Å²) in [5.41, 5.74) is 3.21. The van der Waals surface area contributed by atoms with E-state index in [0.29, 0.717) is 16.3 Å². The van der Waals surface area contributed by atoms with Gasteiger partial charge in [0.2, 0.25) is 5.91 Å². The van der Waals surface area contributed by atoms with E-state index in [1.54, 1.807) is 26.8 Å². The van der Waals surface area contributed by atoms with E-state index >= 15 is 0 Å². The molecule has 0 heterocycles. The molecular weight excluding hydrogens is 466 g/mol. The average molecular weight is 502 g/mol. The molecule has 1 unspecified atom stereocenters. The Kier molecular flexibility index (Phi) is 9.32. The number of amides is 3. The first kappa shape index (κ1) is 28.2. The summed E-state index contributed by atoms with van der Waals surface area (Å²) in [4.78, 5) is 40.8. The van der Waals surface area contributed by atoms with Crippen molar-refractivity contribution < 1.29 is 19.1 Å². The van der Waals surface area contributed by atoms with Gasteiger partial charge in [0.25, 0.3) is 5.91 Å². The number of ether oxygens (including phenoxy) is 1. The van der Waals surface area contributed by atoms with Crippen LogP contribution in [-0.4, -0.2) is 41.0 Å². The van der Waals surface area contributed by atoms with Crippen molar-refractivity contribution in [2.45, 2.75) is 73.1 Å². The molecule has 35 heavy (non-hydrogen) atoms. The Bertz CT molecular complexity index is 1070. The minimum absolute atomic E-state index is 0.313. The Morgan fingerprint density at radius 2 is 1.60 bits per heavy atom. The molecule has 2 aromatic rings. The number of alkyl carbamates (subject to hydrolysis) is 1. The van der Waals surface area contributed by atoms with E-state index in [1.165, 1.54) is 4.90 Å². The predicted octanol–water partition coefficient (Wildman–Crippen LogP) is 5.71. The van der Waals surface area contributed by atoms with Gasteiger partial charge in [-0.3, -0.25) is 9.59 Å². The topological polar surface area (TPSA) is 87.7 Å². The zero-order valence-corrected chi connectivity index (χ0v) is 22.5. The predicted molar refractivity (Wildman–Crippen MR) is 140 cm³/mol. The fourth-order valence-electron chi connectivity index (χ4n) is 3.75. The van der Waals surface area contributed by atoms with Crippen LogP contribution in [0.15, 0.2) is 36.4 Å². The standard InChI is InChI=1S/C27H36ClN3O4/c1-16(2)31(22(32)15-29-26(34)35-27(6,7)8)24(20-13-9-11-17(3)19(20)5)25(33)30-23-18(4)12-10-14-21(23)28/h9-14,16,24H,15H2,1-8H3,(H,29,34)(H,30,33). The highest BCUT2D eigenvalue weighted by Gasteiger charge is 2.35. The molecule has 3 amide bonds. The normalized spacial score (nSPS) is 12.2. The van der Waals surface area contributed by atoms with Gasteiger partial charge in [-0.2, -0.15) is 0 Å². The largest absolute Gasteiger partial charge is 0.444 e. The van der Waals surface area contributed by atoms with Crippen molar-refractivity contribution in [2.24, 2.45) is 0 Å². The molecule has 7 nitrogen and oxygen atoms in total. The number of nitrogens with one attached hydrogen (secondary N) is 2. The van der Waals surface area contributed by atoms with E-state index in [-0.39, 0.29) is 12.6 Å². The number of aryl methyl sites for hydroxylation is 2. The van der Waals surface area contributed by atoms with Gasteiger partial charge in [-0.05, 0) is 83.7 Å². The summed E-state index contributed by atoms with van der Waals surface area (Å²) >= 11 is 6.37. The van der Waals surface area contributed by atoms with Crippen LogP contribution in [0.1, 0.15) is 62.9 Å². The fraction of sp³-hybridized carbons (Fsp3) is 0.444. The van der Waals surface area contributed by atoms with Crippen molar-refractivity contribution in [1.82, 2.24) is 10.2 Å². The van der Waals surface area contributed by atoms with Crippen LogP contribution in [-0.2, 0) is 14.3 Å². The summed E-state index contributed by atoms with van der Waals surface area (Å²) in [7, 11) is 0. The lowest BCUT2D eigenvalue weighted by Gasteiger charge is -2.35. The van der Waals surface area contributed by atoms with Crippen molar-refractivity contribution in [1.29, 1.82) is 0 Å². The molecule has 0 spiro atoms. The average Bonchev–Trinajstić information content (AvgIpc) is 2.73. The van der Waals surface area contributed by atoms with Gasteiger partial charge in [-0.15, -0.1) is 0 Å². The molecule has 0 aromatic heterocycles. The number of halogens is 1. The number of hydrogen-bond donors (Lipinski definition) is 2. The second-order valence-corrected chi connectivity index (χ2v) is 10.3. The Hall–Kier alpha value is -3.06. The lowest BCUT2D eigenvalue weighted by molar-refractivity contribution is -0.140. The third-order valence-electron chi connectivity index (χ3n) is 5.56. The monoisotopic (exact) mass is 501 g/mol. The number of benzene rings is 2. The first-order valence-electron chi connectivity index (χ1n) is 11.6. The SMILES string of the molecule is Cc1cccc(C(C(=O)Nc2c(C)cccc2Cl)N(C(=O)CNC(=O)OC(C)(C)C)C(C)C)c1C. The van der Waals surface area contributed by atoms with Gasteiger partial charge >= 0.3 is 6.09 Å². The smallest absolute Gasteiger partial charge is 0.408 e. The van der Waals surface area contributed by atoms with Gasteiger partial charge in [0.15, 0.2) is 0 Å². The van der Waals surface area contributed by atoms with Crippen LogP contribution in [0.4, 0.5) is 10.5 Å². The maximum Gasteiger partial charge on any atom is 0.408 e. The fourth-order valence-corrected chi connectivity index (χ4v) is 4.02. The van der Waals surface area contributed by atoms with Gasteiger partial charge in [0.1, 0.15) is 18.2 Å². The van der Waals surface area contributed by atoms with Crippen molar-refractivity contribution in [3.63, 3.8) is 0 Å². The van der Waals surface area contributed by atoms with Gasteiger partial charge in [0.05, 0.1) is 10.7 Å². The van der Waals surface area contributed by atoms with Crippen LogP contribution in [0.2, 0.25) is 5.02 Å². The third kappa shape index (κ3) is 7.46. The summed E-state index contributed by atoms with van der Waals surface area (Å²) in [5, 5.41) is 5.85. The van der Waals surface area contributed by atoms with Crippen molar-refractivity contribution in [2.75, 3.05) is 11.9 Å². The Balaban J connectivity index is 2.46. The van der Waals surface area contributed by atoms with Crippen LogP contribution >= 0.6 is 11.6 Å². The molecule has 0 fully saturated rings. The molecule has 0 aliphatic carbocycles. The summed E-state index contributed by atoms with van der Waals surface area (Å²) in [6.45, 7) is 14.3. The Morgan fingerprint density at radius 3 is 2.17 bits per heavy atom. The Morgan fingerprint density at radius 1 is 1.00 bits per heavy atom. The molecule has 1 atom stereocenters. The van der Waals surface area contributed by atoms with E-state index in [0.717, 1.165) is 16.7 Å². The molecule has 2 aromatic carbocycles. The van der Waals surface area contributed by atoms with Crippen molar-refractivity contribution in [3.8, 4) is 0 Å². The molecule has 0 aliphatic rings. The Labute approximate surface area is 213 Å². The zero-order chi connectivity index (χ0) is 26.5. The number of carbonyl (C=O) groups excluding carboxylic acids is 3. The van der Waals surface area contributed by atoms with E-state index in [4.69, 9.17) is 16.3 Å². The maximum absolute atomic E-state index is 13.8. The number of para-hydroxylation sites is 1. The highest BCUT2D eigenvalue weighted by atomic mass is 35.5. The second-order valence-electron chi connectivity index (χ2n) is 9.86. The molecule has 0 radical (unpaired) electrons. The first-order chi connectivity index (χ1) is 16.2. The molecule has 8 heteroatoms. The molecule has 190 valence electrons. The number of carbonyl (C=O) groups is 3. The van der Waals surface area contributed by atoms with Gasteiger partial charge in [-0.25, -0.2) is 4.79 Å². The van der Waals surface area contributed by atoms with Crippen LogP contribution in [0.5, 0.6) is 0 Å². The van der Waals surface area contributed by atoms with Gasteiger partial charge in [0, 0.05) is 6.04 Å². The third-order valence-corrected chi connectivity index (χ3v) is 5.88. The van der Waals surface area contributed by atoms with Crippen molar-refractivity contribution >= 4 is 35.2 Å². The highest BCUT2D eigenvalue weighted by Crippen LogP contribution is 2.32. The molecule has 2 N–H and O–H groups in total. The summed E-state index contributed by atoms with van der Waals surface area (Å²) < 4.78 is 5.25. The zero-order valence-electron chi connectivity index (χ0n) is 21.8. The van der Waals surface area contributed by atoms with Crippen LogP contribution in [0, 0.1) is 20.8 Å². The number of hydrogen-bond acceptors (Lipinski definition) is 4. The van der Waals surface area contributed by atoms with Crippen LogP contribution < -0.4 is 10.6 Å². The van der Waals surface area contributed by atoms with E-state index in [9.17, 15) is 14.4 Å². The van der Waals surface area contributed by atoms with Crippen LogP contribution in [0.3, 0.4) is 0 Å². The minimum atomic E-state index is -0.946. The summed E-state index contributed by atoms with van der Waals surface area (Å²) in [6.07, 6.45) is -0.700. The van der Waals surface area contributed by atoms with Crippen molar-refractivity contribution in [3.05, 3.63) is 63.7 Å². The van der Waals surface area contributed by atoms with Gasteiger partial charge < -0.3 is 20.3 Å².